The quantitative estimate of drug-likeness (QED) is 0.421. The minimum Gasteiger partial charge on any atom is -0.344 e. The molecule has 0 spiro atoms. The molecule has 60 valence electrons. The van der Waals surface area contributed by atoms with Crippen LogP contribution in [0.5, 0.6) is 0 Å². The van der Waals surface area contributed by atoms with Gasteiger partial charge in [0.05, 0.1) is 0 Å². The number of terminal acetylenes is 1. The van der Waals surface area contributed by atoms with Crippen molar-refractivity contribution in [2.75, 3.05) is 13.1 Å². The molecule has 1 aliphatic rings. The van der Waals surface area contributed by atoms with Crippen LogP contribution < -0.4 is 10.6 Å². The Morgan fingerprint density at radius 2 is 2.27 bits per heavy atom. The summed E-state index contributed by atoms with van der Waals surface area (Å²) in [7, 11) is 0. The van der Waals surface area contributed by atoms with Gasteiger partial charge < -0.3 is 10.6 Å². The zero-order chi connectivity index (χ0) is 8.10. The summed E-state index contributed by atoms with van der Waals surface area (Å²) in [6, 6.07) is 0.692. The molecule has 1 rings (SSSR count). The van der Waals surface area contributed by atoms with E-state index in [0.717, 1.165) is 6.54 Å². The molecular formula is C8H12N2O. The second kappa shape index (κ2) is 3.99. The van der Waals surface area contributed by atoms with Gasteiger partial charge in [0.2, 0.25) is 0 Å². The maximum absolute atomic E-state index is 10.5. The molecule has 1 saturated carbocycles. The van der Waals surface area contributed by atoms with E-state index in [9.17, 15) is 4.79 Å². The van der Waals surface area contributed by atoms with Crippen molar-refractivity contribution in [3.63, 3.8) is 0 Å². The summed E-state index contributed by atoms with van der Waals surface area (Å²) in [5.41, 5.74) is 0. The minimum atomic E-state index is -0.331. The molecule has 0 unspecified atom stereocenters. The van der Waals surface area contributed by atoms with Crippen LogP contribution in [-0.2, 0) is 4.79 Å². The third kappa shape index (κ3) is 3.64. The van der Waals surface area contributed by atoms with Crippen LogP contribution >= 0.6 is 0 Å². The van der Waals surface area contributed by atoms with Crippen LogP contribution in [0, 0.1) is 12.3 Å². The van der Waals surface area contributed by atoms with E-state index in [1.54, 1.807) is 0 Å². The maximum Gasteiger partial charge on any atom is 0.295 e. The highest BCUT2D eigenvalue weighted by atomic mass is 16.1. The van der Waals surface area contributed by atoms with Gasteiger partial charge in [-0.15, -0.1) is 6.42 Å². The van der Waals surface area contributed by atoms with Crippen molar-refractivity contribution >= 4 is 5.91 Å². The Hall–Kier alpha value is -1.01. The number of rotatable bonds is 4. The average molecular weight is 152 g/mol. The third-order valence-corrected chi connectivity index (χ3v) is 1.55. The zero-order valence-electron chi connectivity index (χ0n) is 6.39. The maximum atomic E-state index is 10.5. The van der Waals surface area contributed by atoms with Gasteiger partial charge in [-0.3, -0.25) is 4.79 Å². The summed E-state index contributed by atoms with van der Waals surface area (Å²) in [6.07, 6.45) is 7.38. The molecule has 1 fully saturated rings. The van der Waals surface area contributed by atoms with Crippen molar-refractivity contribution in [2.24, 2.45) is 0 Å². The summed E-state index contributed by atoms with van der Waals surface area (Å²) in [6.45, 7) is 1.44. The Morgan fingerprint density at radius 1 is 1.55 bits per heavy atom. The number of hydrogen-bond donors (Lipinski definition) is 2. The molecule has 2 N–H and O–H groups in total. The van der Waals surface area contributed by atoms with E-state index >= 15 is 0 Å². The SMILES string of the molecule is C#CC(=O)NCCNC1CC1. The summed E-state index contributed by atoms with van der Waals surface area (Å²) < 4.78 is 0. The predicted molar refractivity (Wildman–Crippen MR) is 42.9 cm³/mol. The zero-order valence-corrected chi connectivity index (χ0v) is 6.39. The molecule has 3 nitrogen and oxygen atoms in total. The minimum absolute atomic E-state index is 0.331. The van der Waals surface area contributed by atoms with E-state index in [1.165, 1.54) is 12.8 Å². The lowest BCUT2D eigenvalue weighted by molar-refractivity contribution is -0.115. The molecule has 1 aliphatic carbocycles. The molecule has 0 aromatic heterocycles. The van der Waals surface area contributed by atoms with E-state index < -0.39 is 0 Å². The number of amides is 1. The van der Waals surface area contributed by atoms with Gasteiger partial charge in [0, 0.05) is 19.1 Å². The van der Waals surface area contributed by atoms with Gasteiger partial charge in [-0.05, 0) is 18.8 Å². The number of carbonyl (C=O) groups is 1. The molecule has 0 atom stereocenters. The Labute approximate surface area is 66.5 Å². The molecule has 0 heterocycles. The first-order valence-corrected chi connectivity index (χ1v) is 3.81. The number of carbonyl (C=O) groups excluding carboxylic acids is 1. The lowest BCUT2D eigenvalue weighted by atomic mass is 10.5. The van der Waals surface area contributed by atoms with Gasteiger partial charge in [-0.1, -0.05) is 0 Å². The Balaban J connectivity index is 1.87. The molecule has 0 saturated heterocycles. The summed E-state index contributed by atoms with van der Waals surface area (Å²) in [5, 5.41) is 5.83. The van der Waals surface area contributed by atoms with Crippen LogP contribution in [0.1, 0.15) is 12.8 Å². The number of nitrogens with one attached hydrogen (secondary N) is 2. The van der Waals surface area contributed by atoms with Gasteiger partial charge >= 0.3 is 0 Å². The van der Waals surface area contributed by atoms with Crippen molar-refractivity contribution in [3.05, 3.63) is 0 Å². The highest BCUT2D eigenvalue weighted by Gasteiger charge is 2.19. The van der Waals surface area contributed by atoms with E-state index in [4.69, 9.17) is 6.42 Å². The molecule has 0 bridgehead atoms. The van der Waals surface area contributed by atoms with Crippen LogP contribution in [0.15, 0.2) is 0 Å². The van der Waals surface area contributed by atoms with Crippen LogP contribution in [0.25, 0.3) is 0 Å². The fourth-order valence-electron chi connectivity index (χ4n) is 0.791. The fourth-order valence-corrected chi connectivity index (χ4v) is 0.791. The molecule has 1 amide bonds. The molecule has 0 aromatic rings. The third-order valence-electron chi connectivity index (χ3n) is 1.55. The standard InChI is InChI=1S/C8H12N2O/c1-2-8(11)10-6-5-9-7-3-4-7/h1,7,9H,3-6H2,(H,10,11). The van der Waals surface area contributed by atoms with Crippen molar-refractivity contribution in [1.82, 2.24) is 10.6 Å². The normalized spacial score (nSPS) is 15.5. The first-order valence-electron chi connectivity index (χ1n) is 3.81. The first-order chi connectivity index (χ1) is 5.33. The highest BCUT2D eigenvalue weighted by Crippen LogP contribution is 2.17. The molecular weight excluding hydrogens is 140 g/mol. The van der Waals surface area contributed by atoms with Gasteiger partial charge in [0.1, 0.15) is 0 Å². The van der Waals surface area contributed by atoms with E-state index in [2.05, 4.69) is 10.6 Å². The van der Waals surface area contributed by atoms with Crippen LogP contribution in [0.2, 0.25) is 0 Å². The van der Waals surface area contributed by atoms with Crippen LogP contribution in [-0.4, -0.2) is 25.0 Å². The highest BCUT2D eigenvalue weighted by molar-refractivity contribution is 5.92. The van der Waals surface area contributed by atoms with Crippen LogP contribution in [0.3, 0.4) is 0 Å². The van der Waals surface area contributed by atoms with E-state index in [1.807, 2.05) is 5.92 Å². The molecule has 11 heavy (non-hydrogen) atoms. The molecule has 0 aromatic carbocycles. The lowest BCUT2D eigenvalue weighted by Crippen LogP contribution is -2.31. The second-order valence-corrected chi connectivity index (χ2v) is 2.63. The van der Waals surface area contributed by atoms with E-state index in [-0.39, 0.29) is 5.91 Å². The van der Waals surface area contributed by atoms with Crippen molar-refractivity contribution in [3.8, 4) is 12.3 Å². The van der Waals surface area contributed by atoms with Crippen molar-refractivity contribution in [2.45, 2.75) is 18.9 Å². The Kier molecular flexibility index (Phi) is 2.94. The van der Waals surface area contributed by atoms with Gasteiger partial charge in [0.25, 0.3) is 5.91 Å². The lowest BCUT2D eigenvalue weighted by Gasteiger charge is -2.01. The molecule has 3 heteroatoms. The van der Waals surface area contributed by atoms with Gasteiger partial charge in [-0.2, -0.15) is 0 Å². The Bertz CT molecular complexity index is 179. The fraction of sp³-hybridized carbons (Fsp3) is 0.625. The average Bonchev–Trinajstić information content (AvgIpc) is 2.81. The topological polar surface area (TPSA) is 41.1 Å². The molecule has 0 radical (unpaired) electrons. The largest absolute Gasteiger partial charge is 0.344 e. The van der Waals surface area contributed by atoms with E-state index in [0.29, 0.717) is 12.6 Å². The predicted octanol–water partition coefficient (Wildman–Crippen LogP) is -0.512. The monoisotopic (exact) mass is 152 g/mol. The Morgan fingerprint density at radius 3 is 2.82 bits per heavy atom. The summed E-state index contributed by atoms with van der Waals surface area (Å²) in [5.74, 6) is 1.66. The van der Waals surface area contributed by atoms with Gasteiger partial charge in [0.15, 0.2) is 0 Å². The smallest absolute Gasteiger partial charge is 0.295 e. The van der Waals surface area contributed by atoms with Crippen LogP contribution in [0.4, 0.5) is 0 Å². The second-order valence-electron chi connectivity index (χ2n) is 2.63. The summed E-state index contributed by atoms with van der Waals surface area (Å²) in [4.78, 5) is 10.5. The van der Waals surface area contributed by atoms with Crippen molar-refractivity contribution < 1.29 is 4.79 Å². The first kappa shape index (κ1) is 8.09. The number of hydrogen-bond acceptors (Lipinski definition) is 2. The van der Waals surface area contributed by atoms with Crippen molar-refractivity contribution in [1.29, 1.82) is 0 Å². The summed E-state index contributed by atoms with van der Waals surface area (Å²) >= 11 is 0. The van der Waals surface area contributed by atoms with Gasteiger partial charge in [-0.25, -0.2) is 0 Å². The molecule has 0 aliphatic heterocycles.